The molecule has 0 spiro atoms. The van der Waals surface area contributed by atoms with Gasteiger partial charge in [-0.1, -0.05) is 31.5 Å². The molecule has 0 saturated carbocycles. The number of aryl methyl sites for hydroxylation is 2. The van der Waals surface area contributed by atoms with Crippen LogP contribution in [0.2, 0.25) is 0 Å². The SMILES string of the molecule is Cc1ccnc(NC(c2cc(C)ccc2O)C(C)C)c1. The van der Waals surface area contributed by atoms with Gasteiger partial charge in [-0.3, -0.25) is 0 Å². The lowest BCUT2D eigenvalue weighted by Gasteiger charge is -2.24. The monoisotopic (exact) mass is 270 g/mol. The number of nitrogens with one attached hydrogen (secondary N) is 1. The fraction of sp³-hybridized carbons (Fsp3) is 0.353. The third-order valence-electron chi connectivity index (χ3n) is 3.40. The minimum Gasteiger partial charge on any atom is -0.508 e. The van der Waals surface area contributed by atoms with E-state index in [0.29, 0.717) is 11.7 Å². The van der Waals surface area contributed by atoms with E-state index in [9.17, 15) is 5.11 Å². The molecule has 0 saturated heterocycles. The number of phenolic OH excluding ortho intramolecular Hbond substituents is 1. The summed E-state index contributed by atoms with van der Waals surface area (Å²) in [5.74, 6) is 1.50. The lowest BCUT2D eigenvalue weighted by atomic mass is 9.94. The first-order valence-corrected chi connectivity index (χ1v) is 6.96. The molecular formula is C17H22N2O. The van der Waals surface area contributed by atoms with Crippen molar-refractivity contribution in [2.24, 2.45) is 5.92 Å². The number of hydrogen-bond donors (Lipinski definition) is 2. The van der Waals surface area contributed by atoms with Crippen LogP contribution in [-0.4, -0.2) is 10.1 Å². The van der Waals surface area contributed by atoms with E-state index in [1.54, 1.807) is 12.3 Å². The second-order valence-corrected chi connectivity index (χ2v) is 5.65. The summed E-state index contributed by atoms with van der Waals surface area (Å²) in [6.45, 7) is 8.34. The van der Waals surface area contributed by atoms with Gasteiger partial charge in [0.1, 0.15) is 11.6 Å². The predicted molar refractivity (Wildman–Crippen MR) is 83.0 cm³/mol. The zero-order valence-electron chi connectivity index (χ0n) is 12.5. The van der Waals surface area contributed by atoms with Crippen LogP contribution in [0.5, 0.6) is 5.75 Å². The molecule has 1 unspecified atom stereocenters. The normalized spacial score (nSPS) is 12.4. The molecule has 1 heterocycles. The topological polar surface area (TPSA) is 45.2 Å². The highest BCUT2D eigenvalue weighted by atomic mass is 16.3. The van der Waals surface area contributed by atoms with Gasteiger partial charge in [-0.05, 0) is 43.5 Å². The average molecular weight is 270 g/mol. The maximum absolute atomic E-state index is 10.1. The van der Waals surface area contributed by atoms with E-state index in [1.807, 2.05) is 38.1 Å². The van der Waals surface area contributed by atoms with Crippen molar-refractivity contribution in [3.05, 3.63) is 53.2 Å². The maximum Gasteiger partial charge on any atom is 0.126 e. The van der Waals surface area contributed by atoms with Crippen molar-refractivity contribution in [2.75, 3.05) is 5.32 Å². The van der Waals surface area contributed by atoms with Gasteiger partial charge in [0.2, 0.25) is 0 Å². The van der Waals surface area contributed by atoms with Crippen molar-refractivity contribution in [3.8, 4) is 5.75 Å². The van der Waals surface area contributed by atoms with E-state index in [1.165, 1.54) is 5.56 Å². The molecule has 1 aromatic heterocycles. The summed E-state index contributed by atoms with van der Waals surface area (Å²) in [5.41, 5.74) is 3.23. The first-order chi connectivity index (χ1) is 9.47. The molecule has 1 aromatic carbocycles. The van der Waals surface area contributed by atoms with E-state index in [4.69, 9.17) is 0 Å². The van der Waals surface area contributed by atoms with Crippen LogP contribution in [0.1, 0.15) is 36.6 Å². The minimum absolute atomic E-state index is 0.0317. The average Bonchev–Trinajstić information content (AvgIpc) is 2.39. The van der Waals surface area contributed by atoms with E-state index in [0.717, 1.165) is 16.9 Å². The van der Waals surface area contributed by atoms with E-state index < -0.39 is 0 Å². The zero-order chi connectivity index (χ0) is 14.7. The van der Waals surface area contributed by atoms with Crippen molar-refractivity contribution >= 4 is 5.82 Å². The lowest BCUT2D eigenvalue weighted by Crippen LogP contribution is -2.18. The summed E-state index contributed by atoms with van der Waals surface area (Å²) in [6, 6.07) is 9.72. The Balaban J connectivity index is 2.34. The van der Waals surface area contributed by atoms with Gasteiger partial charge in [-0.25, -0.2) is 4.98 Å². The number of phenols is 1. The Bertz CT molecular complexity index is 593. The van der Waals surface area contributed by atoms with Crippen LogP contribution >= 0.6 is 0 Å². The first-order valence-electron chi connectivity index (χ1n) is 6.96. The number of aromatic nitrogens is 1. The van der Waals surface area contributed by atoms with Crippen LogP contribution in [0.4, 0.5) is 5.82 Å². The molecule has 2 rings (SSSR count). The molecular weight excluding hydrogens is 248 g/mol. The van der Waals surface area contributed by atoms with Gasteiger partial charge < -0.3 is 10.4 Å². The van der Waals surface area contributed by atoms with E-state index >= 15 is 0 Å². The van der Waals surface area contributed by atoms with E-state index in [2.05, 4.69) is 24.1 Å². The van der Waals surface area contributed by atoms with Crippen molar-refractivity contribution in [1.82, 2.24) is 4.98 Å². The highest BCUT2D eigenvalue weighted by Gasteiger charge is 2.19. The second kappa shape index (κ2) is 5.95. The van der Waals surface area contributed by atoms with Gasteiger partial charge in [0, 0.05) is 11.8 Å². The van der Waals surface area contributed by atoms with Crippen molar-refractivity contribution in [1.29, 1.82) is 0 Å². The number of benzene rings is 1. The molecule has 20 heavy (non-hydrogen) atoms. The largest absolute Gasteiger partial charge is 0.508 e. The number of anilines is 1. The Hall–Kier alpha value is -2.03. The Morgan fingerprint density at radius 2 is 1.75 bits per heavy atom. The van der Waals surface area contributed by atoms with Gasteiger partial charge in [0.15, 0.2) is 0 Å². The molecule has 0 aliphatic rings. The van der Waals surface area contributed by atoms with Crippen LogP contribution in [0.3, 0.4) is 0 Å². The number of nitrogens with zero attached hydrogens (tertiary/aromatic N) is 1. The summed E-state index contributed by atoms with van der Waals surface area (Å²) in [5, 5.41) is 13.6. The summed E-state index contributed by atoms with van der Waals surface area (Å²) < 4.78 is 0. The Kier molecular flexibility index (Phi) is 4.28. The van der Waals surface area contributed by atoms with Crippen molar-refractivity contribution in [2.45, 2.75) is 33.7 Å². The molecule has 0 bridgehead atoms. The van der Waals surface area contributed by atoms with Gasteiger partial charge in [0.05, 0.1) is 6.04 Å². The van der Waals surface area contributed by atoms with Gasteiger partial charge in [-0.15, -0.1) is 0 Å². The molecule has 0 radical (unpaired) electrons. The third-order valence-corrected chi connectivity index (χ3v) is 3.40. The molecule has 0 amide bonds. The molecule has 2 N–H and O–H groups in total. The van der Waals surface area contributed by atoms with Gasteiger partial charge in [-0.2, -0.15) is 0 Å². The molecule has 0 aliphatic heterocycles. The van der Waals surface area contributed by atoms with Gasteiger partial charge >= 0.3 is 0 Å². The van der Waals surface area contributed by atoms with Crippen LogP contribution in [-0.2, 0) is 0 Å². The highest BCUT2D eigenvalue weighted by Crippen LogP contribution is 2.32. The number of pyridine rings is 1. The summed E-state index contributed by atoms with van der Waals surface area (Å²) in [6.07, 6.45) is 1.80. The van der Waals surface area contributed by atoms with E-state index in [-0.39, 0.29) is 6.04 Å². The van der Waals surface area contributed by atoms with Crippen LogP contribution in [0.25, 0.3) is 0 Å². The highest BCUT2D eigenvalue weighted by molar-refractivity contribution is 5.45. The van der Waals surface area contributed by atoms with Crippen molar-refractivity contribution < 1.29 is 5.11 Å². The predicted octanol–water partition coefficient (Wildman–Crippen LogP) is 4.21. The minimum atomic E-state index is 0.0317. The molecule has 0 aliphatic carbocycles. The third kappa shape index (κ3) is 3.29. The second-order valence-electron chi connectivity index (χ2n) is 5.65. The van der Waals surface area contributed by atoms with Crippen LogP contribution in [0.15, 0.2) is 36.5 Å². The van der Waals surface area contributed by atoms with Crippen LogP contribution in [0, 0.1) is 19.8 Å². The van der Waals surface area contributed by atoms with Crippen molar-refractivity contribution in [3.63, 3.8) is 0 Å². The fourth-order valence-electron chi connectivity index (χ4n) is 2.30. The summed E-state index contributed by atoms with van der Waals surface area (Å²) in [7, 11) is 0. The quantitative estimate of drug-likeness (QED) is 0.874. The molecule has 1 atom stereocenters. The summed E-state index contributed by atoms with van der Waals surface area (Å²) >= 11 is 0. The van der Waals surface area contributed by atoms with Gasteiger partial charge in [0.25, 0.3) is 0 Å². The maximum atomic E-state index is 10.1. The molecule has 106 valence electrons. The number of hydrogen-bond acceptors (Lipinski definition) is 3. The molecule has 3 nitrogen and oxygen atoms in total. The number of aromatic hydroxyl groups is 1. The summed E-state index contributed by atoms with van der Waals surface area (Å²) in [4.78, 5) is 4.35. The fourth-order valence-corrected chi connectivity index (χ4v) is 2.30. The zero-order valence-corrected chi connectivity index (χ0v) is 12.5. The first kappa shape index (κ1) is 14.4. The Morgan fingerprint density at radius 1 is 1.05 bits per heavy atom. The number of rotatable bonds is 4. The Labute approximate surface area is 120 Å². The standard InChI is InChI=1S/C17H22N2O/c1-11(2)17(14-9-12(3)5-6-15(14)20)19-16-10-13(4)7-8-18-16/h5-11,17,20H,1-4H3,(H,18,19). The molecule has 3 heteroatoms. The Morgan fingerprint density at radius 3 is 2.40 bits per heavy atom. The lowest BCUT2D eigenvalue weighted by molar-refractivity contribution is 0.448. The van der Waals surface area contributed by atoms with Crippen LogP contribution < -0.4 is 5.32 Å². The molecule has 0 fully saturated rings. The smallest absolute Gasteiger partial charge is 0.126 e. The molecule has 2 aromatic rings.